The van der Waals surface area contributed by atoms with Crippen molar-refractivity contribution in [2.24, 2.45) is 5.41 Å². The lowest BCUT2D eigenvalue weighted by Crippen LogP contribution is -2.42. The number of likely N-dealkylation sites (tertiary alicyclic amines) is 1. The summed E-state index contributed by atoms with van der Waals surface area (Å²) in [4.78, 5) is 2.77. The minimum atomic E-state index is 0.658. The van der Waals surface area contributed by atoms with Gasteiger partial charge in [-0.3, -0.25) is 4.90 Å². The van der Waals surface area contributed by atoms with Crippen LogP contribution in [0.4, 0.5) is 0 Å². The van der Waals surface area contributed by atoms with Crippen LogP contribution in [0.3, 0.4) is 0 Å². The summed E-state index contributed by atoms with van der Waals surface area (Å²) in [5.74, 6) is 0. The summed E-state index contributed by atoms with van der Waals surface area (Å²) in [6, 6.07) is 0.881. The van der Waals surface area contributed by atoms with E-state index in [0.29, 0.717) is 5.41 Å². The monoisotopic (exact) mass is 210 g/mol. The Morgan fingerprint density at radius 2 is 1.87 bits per heavy atom. The minimum Gasteiger partial charge on any atom is -0.317 e. The van der Waals surface area contributed by atoms with Gasteiger partial charge in [-0.1, -0.05) is 13.8 Å². The molecule has 0 atom stereocenters. The Balaban J connectivity index is 1.90. The molecule has 2 fully saturated rings. The van der Waals surface area contributed by atoms with E-state index in [9.17, 15) is 0 Å². The second kappa shape index (κ2) is 4.84. The maximum absolute atomic E-state index is 3.46. The van der Waals surface area contributed by atoms with Gasteiger partial charge in [0.25, 0.3) is 0 Å². The molecule has 2 aliphatic rings. The predicted molar refractivity (Wildman–Crippen MR) is 65.1 cm³/mol. The van der Waals surface area contributed by atoms with Crippen molar-refractivity contribution in [3.05, 3.63) is 0 Å². The highest BCUT2D eigenvalue weighted by Crippen LogP contribution is 2.38. The van der Waals surface area contributed by atoms with E-state index in [0.717, 1.165) is 6.04 Å². The summed E-state index contributed by atoms with van der Waals surface area (Å²) in [6.45, 7) is 9.92. The molecule has 0 radical (unpaired) electrons. The van der Waals surface area contributed by atoms with Gasteiger partial charge >= 0.3 is 0 Å². The number of rotatable bonds is 3. The largest absolute Gasteiger partial charge is 0.317 e. The second-order valence-corrected chi connectivity index (χ2v) is 5.41. The molecule has 15 heavy (non-hydrogen) atoms. The molecule has 0 aromatic rings. The molecule has 2 nitrogen and oxygen atoms in total. The highest BCUT2D eigenvalue weighted by Gasteiger charge is 2.37. The van der Waals surface area contributed by atoms with Gasteiger partial charge in [0.05, 0.1) is 0 Å². The van der Waals surface area contributed by atoms with Gasteiger partial charge in [-0.25, -0.2) is 0 Å². The summed E-state index contributed by atoms with van der Waals surface area (Å²) in [6.07, 6.45) is 6.90. The summed E-state index contributed by atoms with van der Waals surface area (Å²) < 4.78 is 0. The van der Waals surface area contributed by atoms with Gasteiger partial charge in [0.15, 0.2) is 0 Å². The van der Waals surface area contributed by atoms with Crippen molar-refractivity contribution in [1.82, 2.24) is 10.2 Å². The molecular weight excluding hydrogens is 184 g/mol. The van der Waals surface area contributed by atoms with Crippen LogP contribution in [0.1, 0.15) is 46.0 Å². The molecule has 2 rings (SSSR count). The van der Waals surface area contributed by atoms with Crippen molar-refractivity contribution < 1.29 is 0 Å². The van der Waals surface area contributed by atoms with Gasteiger partial charge in [-0.2, -0.15) is 0 Å². The Kier molecular flexibility index (Phi) is 3.68. The van der Waals surface area contributed by atoms with E-state index >= 15 is 0 Å². The molecule has 0 aliphatic carbocycles. The number of hydrogen-bond donors (Lipinski definition) is 1. The molecular formula is C13H26N2. The summed E-state index contributed by atoms with van der Waals surface area (Å²) in [7, 11) is 0. The highest BCUT2D eigenvalue weighted by atomic mass is 15.2. The standard InChI is InChI=1S/C13H26N2/c1-3-13(4-2)7-10-15(11-13)12-5-8-14-9-6-12/h12,14H,3-11H2,1-2H3. The lowest BCUT2D eigenvalue weighted by Gasteiger charge is -2.33. The third kappa shape index (κ3) is 2.36. The van der Waals surface area contributed by atoms with Crippen LogP contribution in [0.15, 0.2) is 0 Å². The van der Waals surface area contributed by atoms with E-state index in [1.54, 1.807) is 0 Å². The van der Waals surface area contributed by atoms with Crippen LogP contribution < -0.4 is 5.32 Å². The quantitative estimate of drug-likeness (QED) is 0.768. The first-order valence-corrected chi connectivity index (χ1v) is 6.74. The first-order valence-electron chi connectivity index (χ1n) is 6.74. The SMILES string of the molecule is CCC1(CC)CCN(C2CCNCC2)C1. The molecule has 2 heterocycles. The fourth-order valence-corrected chi connectivity index (χ4v) is 3.28. The van der Waals surface area contributed by atoms with E-state index in [2.05, 4.69) is 24.1 Å². The van der Waals surface area contributed by atoms with Crippen LogP contribution >= 0.6 is 0 Å². The molecule has 0 saturated carbocycles. The van der Waals surface area contributed by atoms with E-state index in [4.69, 9.17) is 0 Å². The summed E-state index contributed by atoms with van der Waals surface area (Å²) in [5.41, 5.74) is 0.658. The Hall–Kier alpha value is -0.0800. The lowest BCUT2D eigenvalue weighted by molar-refractivity contribution is 0.166. The maximum Gasteiger partial charge on any atom is 0.0120 e. The normalized spacial score (nSPS) is 28.4. The highest BCUT2D eigenvalue weighted by molar-refractivity contribution is 4.91. The third-order valence-corrected chi connectivity index (χ3v) is 4.79. The molecule has 2 heteroatoms. The Morgan fingerprint density at radius 1 is 1.20 bits per heavy atom. The van der Waals surface area contributed by atoms with Crippen LogP contribution in [0.5, 0.6) is 0 Å². The van der Waals surface area contributed by atoms with E-state index in [1.165, 1.54) is 58.3 Å². The smallest absolute Gasteiger partial charge is 0.0120 e. The molecule has 0 aromatic heterocycles. The van der Waals surface area contributed by atoms with Gasteiger partial charge in [0, 0.05) is 12.6 Å². The summed E-state index contributed by atoms with van der Waals surface area (Å²) >= 11 is 0. The molecule has 0 bridgehead atoms. The minimum absolute atomic E-state index is 0.658. The molecule has 1 N–H and O–H groups in total. The average molecular weight is 210 g/mol. The van der Waals surface area contributed by atoms with Crippen molar-refractivity contribution in [3.8, 4) is 0 Å². The van der Waals surface area contributed by atoms with Crippen LogP contribution in [0, 0.1) is 5.41 Å². The maximum atomic E-state index is 3.46. The van der Waals surface area contributed by atoms with Gasteiger partial charge < -0.3 is 5.32 Å². The fourth-order valence-electron chi connectivity index (χ4n) is 3.28. The zero-order valence-corrected chi connectivity index (χ0v) is 10.4. The van der Waals surface area contributed by atoms with Crippen molar-refractivity contribution in [1.29, 1.82) is 0 Å². The van der Waals surface area contributed by atoms with Crippen molar-refractivity contribution in [3.63, 3.8) is 0 Å². The van der Waals surface area contributed by atoms with Crippen LogP contribution in [0.25, 0.3) is 0 Å². The Morgan fingerprint density at radius 3 is 2.40 bits per heavy atom. The summed E-state index contributed by atoms with van der Waals surface area (Å²) in [5, 5.41) is 3.46. The van der Waals surface area contributed by atoms with Crippen molar-refractivity contribution in [2.45, 2.75) is 52.0 Å². The van der Waals surface area contributed by atoms with E-state index < -0.39 is 0 Å². The Bertz CT molecular complexity index is 193. The second-order valence-electron chi connectivity index (χ2n) is 5.41. The van der Waals surface area contributed by atoms with Crippen LogP contribution in [0.2, 0.25) is 0 Å². The molecule has 0 amide bonds. The molecule has 0 unspecified atom stereocenters. The molecule has 88 valence electrons. The first kappa shape index (κ1) is 11.4. The van der Waals surface area contributed by atoms with Gasteiger partial charge in [-0.15, -0.1) is 0 Å². The van der Waals surface area contributed by atoms with Gasteiger partial charge in [0.2, 0.25) is 0 Å². The average Bonchev–Trinajstić information content (AvgIpc) is 2.75. The number of hydrogen-bond acceptors (Lipinski definition) is 2. The number of piperidine rings is 1. The van der Waals surface area contributed by atoms with Crippen molar-refractivity contribution in [2.75, 3.05) is 26.2 Å². The molecule has 0 spiro atoms. The predicted octanol–water partition coefficient (Wildman–Crippen LogP) is 2.25. The zero-order chi connectivity index (χ0) is 10.7. The van der Waals surface area contributed by atoms with Crippen LogP contribution in [-0.4, -0.2) is 37.1 Å². The first-order chi connectivity index (χ1) is 7.29. The molecule has 0 aromatic carbocycles. The topological polar surface area (TPSA) is 15.3 Å². The van der Waals surface area contributed by atoms with Gasteiger partial charge in [-0.05, 0) is 57.2 Å². The van der Waals surface area contributed by atoms with E-state index in [1.807, 2.05) is 0 Å². The lowest BCUT2D eigenvalue weighted by atomic mass is 9.82. The van der Waals surface area contributed by atoms with Crippen LogP contribution in [-0.2, 0) is 0 Å². The number of nitrogens with zero attached hydrogens (tertiary/aromatic N) is 1. The Labute approximate surface area is 94.4 Å². The fraction of sp³-hybridized carbons (Fsp3) is 1.00. The van der Waals surface area contributed by atoms with E-state index in [-0.39, 0.29) is 0 Å². The molecule has 2 aliphatic heterocycles. The van der Waals surface area contributed by atoms with Crippen molar-refractivity contribution >= 4 is 0 Å². The third-order valence-electron chi connectivity index (χ3n) is 4.79. The zero-order valence-electron chi connectivity index (χ0n) is 10.4. The number of nitrogens with one attached hydrogen (secondary N) is 1. The van der Waals surface area contributed by atoms with Gasteiger partial charge in [0.1, 0.15) is 0 Å². The molecule has 2 saturated heterocycles.